The standard InChI is InChI=1S/C14H8Cl3F3N2/c15-9-1-2-12(11(17)6-9)21-4-3-13-10(16)5-8(7-22-13)14(18,19)20/h1-2,4-7H,3H2. The van der Waals surface area contributed by atoms with Crippen LogP contribution in [0.25, 0.3) is 0 Å². The van der Waals surface area contributed by atoms with Gasteiger partial charge < -0.3 is 0 Å². The zero-order valence-electron chi connectivity index (χ0n) is 10.8. The second-order valence-electron chi connectivity index (χ2n) is 4.26. The summed E-state index contributed by atoms with van der Waals surface area (Å²) in [6.45, 7) is 0. The minimum absolute atomic E-state index is 0.0662. The van der Waals surface area contributed by atoms with Gasteiger partial charge in [0.2, 0.25) is 0 Å². The van der Waals surface area contributed by atoms with Crippen LogP contribution in [0.5, 0.6) is 0 Å². The van der Waals surface area contributed by atoms with Crippen LogP contribution in [0.1, 0.15) is 11.3 Å². The van der Waals surface area contributed by atoms with Crippen molar-refractivity contribution in [2.45, 2.75) is 12.6 Å². The molecule has 2 rings (SSSR count). The minimum atomic E-state index is -4.47. The number of alkyl halides is 3. The van der Waals surface area contributed by atoms with E-state index in [1.807, 2.05) is 0 Å². The lowest BCUT2D eigenvalue weighted by Gasteiger charge is -2.07. The van der Waals surface area contributed by atoms with E-state index >= 15 is 0 Å². The Kier molecular flexibility index (Phi) is 5.32. The average Bonchev–Trinajstić information content (AvgIpc) is 2.41. The number of nitrogens with zero attached hydrogens (tertiary/aromatic N) is 2. The van der Waals surface area contributed by atoms with E-state index in [-0.39, 0.29) is 11.4 Å². The molecule has 0 saturated carbocycles. The highest BCUT2D eigenvalue weighted by molar-refractivity contribution is 6.36. The van der Waals surface area contributed by atoms with E-state index in [0.29, 0.717) is 21.4 Å². The first kappa shape index (κ1) is 17.1. The predicted molar refractivity (Wildman–Crippen MR) is 82.6 cm³/mol. The molecule has 116 valence electrons. The predicted octanol–water partition coefficient (Wildman–Crippen LogP) is 6.01. The van der Waals surface area contributed by atoms with Gasteiger partial charge in [-0.1, -0.05) is 34.8 Å². The fraction of sp³-hybridized carbons (Fsp3) is 0.143. The molecule has 0 bridgehead atoms. The molecule has 8 heteroatoms. The summed E-state index contributed by atoms with van der Waals surface area (Å²) in [5, 5.41) is 0.787. The maximum Gasteiger partial charge on any atom is 0.417 e. The zero-order valence-corrected chi connectivity index (χ0v) is 13.1. The van der Waals surface area contributed by atoms with Gasteiger partial charge in [0, 0.05) is 23.9 Å². The lowest BCUT2D eigenvalue weighted by Crippen LogP contribution is -2.06. The summed E-state index contributed by atoms with van der Waals surface area (Å²) >= 11 is 17.5. The Balaban J connectivity index is 2.13. The second-order valence-corrected chi connectivity index (χ2v) is 5.51. The molecule has 2 aromatic rings. The van der Waals surface area contributed by atoms with Crippen molar-refractivity contribution in [3.63, 3.8) is 0 Å². The van der Waals surface area contributed by atoms with E-state index in [1.165, 1.54) is 6.21 Å². The molecule has 0 aliphatic heterocycles. The van der Waals surface area contributed by atoms with Crippen molar-refractivity contribution in [3.8, 4) is 0 Å². The summed E-state index contributed by atoms with van der Waals surface area (Å²) in [7, 11) is 0. The summed E-state index contributed by atoms with van der Waals surface area (Å²) in [4.78, 5) is 7.83. The molecule has 0 N–H and O–H groups in total. The molecule has 1 aromatic carbocycles. The van der Waals surface area contributed by atoms with Crippen molar-refractivity contribution >= 4 is 46.7 Å². The topological polar surface area (TPSA) is 25.2 Å². The second kappa shape index (κ2) is 6.86. The number of benzene rings is 1. The molecular formula is C14H8Cl3F3N2. The maximum atomic E-state index is 12.5. The van der Waals surface area contributed by atoms with Gasteiger partial charge in [0.05, 0.1) is 27.0 Å². The molecule has 2 nitrogen and oxygen atoms in total. The molecule has 22 heavy (non-hydrogen) atoms. The monoisotopic (exact) mass is 366 g/mol. The van der Waals surface area contributed by atoms with Crippen LogP contribution in [-0.4, -0.2) is 11.2 Å². The van der Waals surface area contributed by atoms with Crippen molar-refractivity contribution in [2.75, 3.05) is 0 Å². The molecule has 0 radical (unpaired) electrons. The molecule has 1 heterocycles. The Morgan fingerprint density at radius 3 is 2.41 bits per heavy atom. The number of hydrogen-bond donors (Lipinski definition) is 0. The smallest absolute Gasteiger partial charge is 0.259 e. The van der Waals surface area contributed by atoms with Crippen molar-refractivity contribution in [1.29, 1.82) is 0 Å². The molecule has 0 aliphatic carbocycles. The molecule has 1 aromatic heterocycles. The normalized spacial score (nSPS) is 12.1. The molecule has 0 fully saturated rings. The summed E-state index contributed by atoms with van der Waals surface area (Å²) in [6, 6.07) is 5.64. The summed E-state index contributed by atoms with van der Waals surface area (Å²) in [6.07, 6.45) is -2.09. The SMILES string of the molecule is FC(F)(F)c1cnc(CC=Nc2ccc(Cl)cc2Cl)c(Cl)c1. The first-order valence-corrected chi connectivity index (χ1v) is 7.10. The molecule has 0 saturated heterocycles. The maximum absolute atomic E-state index is 12.5. The Bertz CT molecular complexity index is 715. The first-order chi connectivity index (χ1) is 10.3. The molecule has 0 atom stereocenters. The van der Waals surface area contributed by atoms with Crippen LogP contribution < -0.4 is 0 Å². The number of rotatable bonds is 3. The van der Waals surface area contributed by atoms with Gasteiger partial charge in [-0.3, -0.25) is 9.98 Å². The van der Waals surface area contributed by atoms with Crippen molar-refractivity contribution in [3.05, 3.63) is 56.8 Å². The van der Waals surface area contributed by atoms with Gasteiger partial charge in [0.1, 0.15) is 0 Å². The van der Waals surface area contributed by atoms with Crippen LogP contribution >= 0.6 is 34.8 Å². The van der Waals surface area contributed by atoms with E-state index < -0.39 is 11.7 Å². The quantitative estimate of drug-likeness (QED) is 0.610. The fourth-order valence-corrected chi connectivity index (χ4v) is 2.29. The minimum Gasteiger partial charge on any atom is -0.259 e. The van der Waals surface area contributed by atoms with Crippen molar-refractivity contribution in [1.82, 2.24) is 4.98 Å². The Hall–Kier alpha value is -1.30. The molecular weight excluding hydrogens is 360 g/mol. The van der Waals surface area contributed by atoms with Crippen LogP contribution in [-0.2, 0) is 12.6 Å². The number of aliphatic imine (C=N–C) groups is 1. The highest BCUT2D eigenvalue weighted by Crippen LogP contribution is 2.31. The summed E-state index contributed by atoms with van der Waals surface area (Å²) in [5.74, 6) is 0. The van der Waals surface area contributed by atoms with Crippen LogP contribution in [0.2, 0.25) is 15.1 Å². The molecule has 0 amide bonds. The van der Waals surface area contributed by atoms with E-state index in [9.17, 15) is 13.2 Å². The molecule has 0 aliphatic rings. The van der Waals surface area contributed by atoms with Crippen LogP contribution in [0.15, 0.2) is 35.5 Å². The van der Waals surface area contributed by atoms with Crippen molar-refractivity contribution < 1.29 is 13.2 Å². The van der Waals surface area contributed by atoms with Gasteiger partial charge in [0.15, 0.2) is 0 Å². The number of hydrogen-bond acceptors (Lipinski definition) is 2. The zero-order chi connectivity index (χ0) is 16.3. The Labute approximate surface area is 139 Å². The Morgan fingerprint density at radius 2 is 1.82 bits per heavy atom. The van der Waals surface area contributed by atoms with Crippen LogP contribution in [0.4, 0.5) is 18.9 Å². The third-order valence-corrected chi connectivity index (χ3v) is 3.53. The molecule has 0 spiro atoms. The van der Waals surface area contributed by atoms with Crippen molar-refractivity contribution in [2.24, 2.45) is 4.99 Å². The number of halogens is 6. The summed E-state index contributed by atoms with van der Waals surface area (Å²) < 4.78 is 37.5. The van der Waals surface area contributed by atoms with Gasteiger partial charge in [-0.2, -0.15) is 13.2 Å². The lowest BCUT2D eigenvalue weighted by atomic mass is 10.2. The highest BCUT2D eigenvalue weighted by Gasteiger charge is 2.31. The first-order valence-electron chi connectivity index (χ1n) is 5.96. The van der Waals surface area contributed by atoms with Gasteiger partial charge >= 0.3 is 6.18 Å². The van der Waals surface area contributed by atoms with E-state index in [4.69, 9.17) is 34.8 Å². The third kappa shape index (κ3) is 4.35. The van der Waals surface area contributed by atoms with Gasteiger partial charge in [-0.25, -0.2) is 0 Å². The summed E-state index contributed by atoms with van der Waals surface area (Å²) in [5.41, 5.74) is -0.100. The van der Waals surface area contributed by atoms with Gasteiger partial charge in [0.25, 0.3) is 0 Å². The third-order valence-electron chi connectivity index (χ3n) is 2.67. The largest absolute Gasteiger partial charge is 0.417 e. The van der Waals surface area contributed by atoms with E-state index in [1.54, 1.807) is 18.2 Å². The Morgan fingerprint density at radius 1 is 1.09 bits per heavy atom. The number of aromatic nitrogens is 1. The lowest BCUT2D eigenvalue weighted by molar-refractivity contribution is -0.137. The fourth-order valence-electron chi connectivity index (χ4n) is 1.59. The number of pyridine rings is 1. The average molecular weight is 368 g/mol. The van der Waals surface area contributed by atoms with E-state index in [0.717, 1.165) is 12.3 Å². The van der Waals surface area contributed by atoms with Gasteiger partial charge in [-0.15, -0.1) is 0 Å². The van der Waals surface area contributed by atoms with Crippen LogP contribution in [0, 0.1) is 0 Å². The van der Waals surface area contributed by atoms with E-state index in [2.05, 4.69) is 9.98 Å². The van der Waals surface area contributed by atoms with Gasteiger partial charge in [-0.05, 0) is 24.3 Å². The highest BCUT2D eigenvalue weighted by atomic mass is 35.5. The molecule has 0 unspecified atom stereocenters. The van der Waals surface area contributed by atoms with Crippen LogP contribution in [0.3, 0.4) is 0 Å².